The summed E-state index contributed by atoms with van der Waals surface area (Å²) < 4.78 is 7.33. The molecular weight excluding hydrogens is 334 g/mol. The Morgan fingerprint density at radius 2 is 2.04 bits per heavy atom. The molecule has 3 aromatic rings. The predicted molar refractivity (Wildman–Crippen MR) is 98.1 cm³/mol. The van der Waals surface area contributed by atoms with Gasteiger partial charge in [0.05, 0.1) is 5.75 Å². The minimum atomic E-state index is 0.491. The third-order valence-electron chi connectivity index (χ3n) is 3.48. The first kappa shape index (κ1) is 17.4. The summed E-state index contributed by atoms with van der Waals surface area (Å²) in [5, 5.41) is 13.5. The van der Waals surface area contributed by atoms with Gasteiger partial charge >= 0.3 is 0 Å². The first-order chi connectivity index (χ1) is 12.2. The van der Waals surface area contributed by atoms with E-state index in [1.807, 2.05) is 41.0 Å². The summed E-state index contributed by atoms with van der Waals surface area (Å²) in [6.07, 6.45) is 2.64. The fraction of sp³-hybridized carbons (Fsp3) is 0.333. The summed E-state index contributed by atoms with van der Waals surface area (Å²) in [5.74, 6) is 3.27. The highest BCUT2D eigenvalue weighted by Crippen LogP contribution is 2.25. The molecule has 2 heterocycles. The van der Waals surface area contributed by atoms with Crippen LogP contribution in [0.25, 0.3) is 11.4 Å². The van der Waals surface area contributed by atoms with E-state index in [1.165, 1.54) is 0 Å². The van der Waals surface area contributed by atoms with Gasteiger partial charge in [0, 0.05) is 18.5 Å². The van der Waals surface area contributed by atoms with Crippen LogP contribution >= 0.6 is 11.8 Å². The first-order valence-electron chi connectivity index (χ1n) is 8.21. The summed E-state index contributed by atoms with van der Waals surface area (Å²) in [7, 11) is 0. The number of hydrogen-bond donors (Lipinski definition) is 0. The molecule has 0 spiro atoms. The molecule has 0 unspecified atom stereocenters. The lowest BCUT2D eigenvalue weighted by molar-refractivity contribution is 0.360. The topological polar surface area (TPSA) is 69.6 Å². The zero-order chi connectivity index (χ0) is 17.6. The molecule has 0 aliphatic carbocycles. The Morgan fingerprint density at radius 1 is 1.24 bits per heavy atom. The highest BCUT2D eigenvalue weighted by Gasteiger charge is 2.15. The number of aromatic nitrogens is 5. The van der Waals surface area contributed by atoms with Crippen LogP contribution in [0.2, 0.25) is 0 Å². The van der Waals surface area contributed by atoms with Crippen molar-refractivity contribution in [3.8, 4) is 11.4 Å². The van der Waals surface area contributed by atoms with Gasteiger partial charge in [0.2, 0.25) is 5.89 Å². The van der Waals surface area contributed by atoms with Crippen LogP contribution in [-0.4, -0.2) is 24.9 Å². The summed E-state index contributed by atoms with van der Waals surface area (Å²) in [6, 6.07) is 10.0. The Kier molecular flexibility index (Phi) is 5.65. The third-order valence-corrected chi connectivity index (χ3v) is 4.45. The van der Waals surface area contributed by atoms with Gasteiger partial charge in [-0.3, -0.25) is 4.57 Å². The van der Waals surface area contributed by atoms with Gasteiger partial charge < -0.3 is 4.52 Å². The highest BCUT2D eigenvalue weighted by molar-refractivity contribution is 7.98. The van der Waals surface area contributed by atoms with E-state index in [4.69, 9.17) is 4.52 Å². The quantitative estimate of drug-likeness (QED) is 0.449. The Balaban J connectivity index is 1.75. The molecule has 0 fully saturated rings. The Labute approximate surface area is 151 Å². The van der Waals surface area contributed by atoms with Gasteiger partial charge in [-0.2, -0.15) is 4.98 Å². The van der Waals surface area contributed by atoms with Crippen molar-refractivity contribution in [2.24, 2.45) is 5.92 Å². The molecule has 3 rings (SSSR count). The monoisotopic (exact) mass is 355 g/mol. The molecule has 0 aliphatic heterocycles. The van der Waals surface area contributed by atoms with Gasteiger partial charge in [-0.1, -0.05) is 67.2 Å². The maximum Gasteiger partial charge on any atom is 0.226 e. The van der Waals surface area contributed by atoms with E-state index in [9.17, 15) is 0 Å². The van der Waals surface area contributed by atoms with Crippen LogP contribution in [0.5, 0.6) is 0 Å². The predicted octanol–water partition coefficient (Wildman–Crippen LogP) is 4.00. The van der Waals surface area contributed by atoms with Crippen LogP contribution in [0, 0.1) is 5.92 Å². The lowest BCUT2D eigenvalue weighted by atomic mass is 10.1. The molecule has 25 heavy (non-hydrogen) atoms. The van der Waals surface area contributed by atoms with E-state index in [0.29, 0.717) is 29.9 Å². The molecule has 6 nitrogen and oxygen atoms in total. The SMILES string of the molecule is C=CCn1c(SCc2noc(CC(C)C)n2)nnc1-c1ccccc1. The Hall–Kier alpha value is -2.41. The number of rotatable bonds is 8. The smallest absolute Gasteiger partial charge is 0.226 e. The van der Waals surface area contributed by atoms with Crippen LogP contribution in [0.3, 0.4) is 0 Å². The average Bonchev–Trinajstić information content (AvgIpc) is 3.20. The second-order valence-corrected chi connectivity index (χ2v) is 7.00. The number of nitrogens with zero attached hydrogens (tertiary/aromatic N) is 5. The average molecular weight is 355 g/mol. The van der Waals surface area contributed by atoms with Crippen molar-refractivity contribution in [1.29, 1.82) is 0 Å². The lowest BCUT2D eigenvalue weighted by Gasteiger charge is -2.06. The van der Waals surface area contributed by atoms with Crippen LogP contribution in [0.15, 0.2) is 52.7 Å². The van der Waals surface area contributed by atoms with Gasteiger partial charge in [-0.15, -0.1) is 16.8 Å². The van der Waals surface area contributed by atoms with Gasteiger partial charge in [0.25, 0.3) is 0 Å². The van der Waals surface area contributed by atoms with Gasteiger partial charge in [-0.25, -0.2) is 0 Å². The molecule has 0 atom stereocenters. The van der Waals surface area contributed by atoms with Crippen molar-refractivity contribution in [1.82, 2.24) is 24.9 Å². The Bertz CT molecular complexity index is 825. The number of allylic oxidation sites excluding steroid dienone is 1. The molecule has 130 valence electrons. The number of thioether (sulfide) groups is 1. The van der Waals surface area contributed by atoms with Crippen molar-refractivity contribution in [2.75, 3.05) is 0 Å². The normalized spacial score (nSPS) is 11.2. The van der Waals surface area contributed by atoms with E-state index in [-0.39, 0.29) is 0 Å². The highest BCUT2D eigenvalue weighted by atomic mass is 32.2. The number of benzene rings is 1. The van der Waals surface area contributed by atoms with Crippen molar-refractivity contribution in [3.63, 3.8) is 0 Å². The summed E-state index contributed by atoms with van der Waals surface area (Å²) in [4.78, 5) is 4.43. The fourth-order valence-corrected chi connectivity index (χ4v) is 3.19. The molecule has 0 radical (unpaired) electrons. The molecule has 0 saturated heterocycles. The van der Waals surface area contributed by atoms with Gasteiger partial charge in [-0.05, 0) is 5.92 Å². The molecule has 0 bridgehead atoms. The zero-order valence-electron chi connectivity index (χ0n) is 14.4. The summed E-state index contributed by atoms with van der Waals surface area (Å²) >= 11 is 1.54. The Morgan fingerprint density at radius 3 is 2.76 bits per heavy atom. The van der Waals surface area contributed by atoms with Gasteiger partial charge in [0.1, 0.15) is 0 Å². The molecule has 7 heteroatoms. The van der Waals surface area contributed by atoms with Crippen LogP contribution < -0.4 is 0 Å². The lowest BCUT2D eigenvalue weighted by Crippen LogP contribution is -2.01. The molecule has 1 aromatic carbocycles. The third kappa shape index (κ3) is 4.36. The maximum atomic E-state index is 5.28. The largest absolute Gasteiger partial charge is 0.339 e. The van der Waals surface area contributed by atoms with Crippen LogP contribution in [0.4, 0.5) is 0 Å². The maximum absolute atomic E-state index is 5.28. The van der Waals surface area contributed by atoms with Crippen molar-refractivity contribution < 1.29 is 4.52 Å². The zero-order valence-corrected chi connectivity index (χ0v) is 15.2. The number of hydrogen-bond acceptors (Lipinski definition) is 6. The van der Waals surface area contributed by atoms with Gasteiger partial charge in [0.15, 0.2) is 16.8 Å². The van der Waals surface area contributed by atoms with Crippen LogP contribution in [0.1, 0.15) is 25.6 Å². The second kappa shape index (κ2) is 8.11. The molecule has 0 saturated carbocycles. The molecule has 0 aliphatic rings. The van der Waals surface area contributed by atoms with E-state index < -0.39 is 0 Å². The molecule has 0 amide bonds. The second-order valence-electron chi connectivity index (χ2n) is 6.06. The van der Waals surface area contributed by atoms with E-state index in [0.717, 1.165) is 23.0 Å². The molecule has 2 aromatic heterocycles. The molecule has 0 N–H and O–H groups in total. The first-order valence-corrected chi connectivity index (χ1v) is 9.19. The fourth-order valence-electron chi connectivity index (χ4n) is 2.40. The minimum Gasteiger partial charge on any atom is -0.339 e. The van der Waals surface area contributed by atoms with E-state index >= 15 is 0 Å². The van der Waals surface area contributed by atoms with E-state index in [2.05, 4.69) is 40.8 Å². The summed E-state index contributed by atoms with van der Waals surface area (Å²) in [6.45, 7) is 8.73. The van der Waals surface area contributed by atoms with Crippen molar-refractivity contribution >= 4 is 11.8 Å². The van der Waals surface area contributed by atoms with Crippen molar-refractivity contribution in [2.45, 2.75) is 37.7 Å². The van der Waals surface area contributed by atoms with Crippen molar-refractivity contribution in [3.05, 3.63) is 54.7 Å². The summed E-state index contributed by atoms with van der Waals surface area (Å²) in [5.41, 5.74) is 1.03. The molecular formula is C18H21N5OS. The van der Waals surface area contributed by atoms with Crippen LogP contribution in [-0.2, 0) is 18.7 Å². The minimum absolute atomic E-state index is 0.491. The van der Waals surface area contributed by atoms with E-state index in [1.54, 1.807) is 11.8 Å². The standard InChI is InChI=1S/C18H21N5OS/c1-4-10-23-17(14-8-6-5-7-9-14)20-21-18(23)25-12-15-19-16(24-22-15)11-13(2)3/h4-9,13H,1,10-12H2,2-3H3.